The van der Waals surface area contributed by atoms with Gasteiger partial charge in [0.1, 0.15) is 12.7 Å². The lowest BCUT2D eigenvalue weighted by Crippen LogP contribution is -2.12. The van der Waals surface area contributed by atoms with E-state index in [1.54, 1.807) is 12.1 Å². The number of nitrogens with one attached hydrogen (secondary N) is 1. The minimum atomic E-state index is -0.607. The summed E-state index contributed by atoms with van der Waals surface area (Å²) in [5.41, 5.74) is 8.27. The molecule has 1 aliphatic rings. The van der Waals surface area contributed by atoms with Crippen LogP contribution in [0, 0.1) is 20.8 Å². The first-order valence-corrected chi connectivity index (χ1v) is 14.7. The number of carbonyl (C=O) groups excluding carboxylic acids is 1. The molecule has 0 amide bonds. The number of benzene rings is 3. The molecule has 226 valence electrons. The standard InChI is InChI=1S/C34H30N6O5/c1-19-20(2)36-29(21(3)35-19)18-43-32(41)27-9-6-10-28-30(27)40(33(37-28)44-24-15-16-24)17-22-11-13-23(14-12-22)25-7-4-5-8-26(25)31-38-34(42)45-39-31/h4-14,24H,15-18H2,1-3H3,(H,38,39,42). The van der Waals surface area contributed by atoms with Crippen LogP contribution in [0.15, 0.2) is 76.0 Å². The zero-order valence-corrected chi connectivity index (χ0v) is 25.0. The summed E-state index contributed by atoms with van der Waals surface area (Å²) in [6.45, 7) is 6.09. The number of ether oxygens (including phenoxy) is 2. The smallest absolute Gasteiger partial charge is 0.439 e. The van der Waals surface area contributed by atoms with Crippen molar-refractivity contribution in [2.24, 2.45) is 0 Å². The van der Waals surface area contributed by atoms with Crippen LogP contribution in [-0.2, 0) is 17.9 Å². The number of aryl methyl sites for hydroxylation is 3. The lowest BCUT2D eigenvalue weighted by atomic mass is 9.98. The van der Waals surface area contributed by atoms with Gasteiger partial charge in [-0.1, -0.05) is 59.8 Å². The number of imidazole rings is 1. The molecule has 7 rings (SSSR count). The molecule has 1 N–H and O–H groups in total. The Hall–Kier alpha value is -5.58. The third kappa shape index (κ3) is 5.72. The van der Waals surface area contributed by atoms with Gasteiger partial charge in [-0.25, -0.2) is 9.59 Å². The van der Waals surface area contributed by atoms with Crippen molar-refractivity contribution in [1.82, 2.24) is 29.7 Å². The highest BCUT2D eigenvalue weighted by atomic mass is 16.5. The van der Waals surface area contributed by atoms with Crippen molar-refractivity contribution in [2.75, 3.05) is 0 Å². The Morgan fingerprint density at radius 2 is 1.67 bits per heavy atom. The van der Waals surface area contributed by atoms with E-state index in [-0.39, 0.29) is 12.7 Å². The molecule has 0 spiro atoms. The number of aromatic nitrogens is 6. The molecule has 0 radical (unpaired) electrons. The summed E-state index contributed by atoms with van der Waals surface area (Å²) < 4.78 is 18.6. The van der Waals surface area contributed by atoms with Gasteiger partial charge in [0.25, 0.3) is 6.01 Å². The molecule has 1 aliphatic carbocycles. The molecule has 3 heterocycles. The van der Waals surface area contributed by atoms with Crippen LogP contribution in [0.25, 0.3) is 33.5 Å². The van der Waals surface area contributed by atoms with E-state index in [0.717, 1.165) is 52.2 Å². The Kier molecular flexibility index (Phi) is 7.20. The highest BCUT2D eigenvalue weighted by Crippen LogP contribution is 2.33. The molecule has 3 aromatic carbocycles. The number of fused-ring (bicyclic) bond motifs is 1. The maximum atomic E-state index is 13.5. The average Bonchev–Trinajstić information content (AvgIpc) is 3.65. The van der Waals surface area contributed by atoms with Gasteiger partial charge < -0.3 is 9.47 Å². The third-order valence-corrected chi connectivity index (χ3v) is 7.90. The SMILES string of the molecule is Cc1nc(C)c(COC(=O)c2cccc3nc(OC4CC4)n(Cc4ccc(-c5ccccc5-c5noc(=O)[nH]5)cc4)c23)nc1C. The van der Waals surface area contributed by atoms with Gasteiger partial charge in [-0.3, -0.25) is 24.0 Å². The van der Waals surface area contributed by atoms with Crippen LogP contribution < -0.4 is 10.5 Å². The first-order valence-electron chi connectivity index (χ1n) is 14.7. The van der Waals surface area contributed by atoms with Crippen molar-refractivity contribution in [3.05, 3.63) is 111 Å². The minimum absolute atomic E-state index is 0.0138. The monoisotopic (exact) mass is 602 g/mol. The molecule has 1 saturated carbocycles. The topological polar surface area (TPSA) is 138 Å². The van der Waals surface area contributed by atoms with Gasteiger partial charge in [-0.15, -0.1) is 0 Å². The van der Waals surface area contributed by atoms with Gasteiger partial charge in [0, 0.05) is 5.56 Å². The molecule has 11 heteroatoms. The van der Waals surface area contributed by atoms with Crippen LogP contribution in [0.4, 0.5) is 0 Å². The van der Waals surface area contributed by atoms with Crippen LogP contribution in [0.2, 0.25) is 0 Å². The van der Waals surface area contributed by atoms with Gasteiger partial charge in [0.05, 0.1) is 45.9 Å². The quantitative estimate of drug-likeness (QED) is 0.206. The zero-order valence-electron chi connectivity index (χ0n) is 25.0. The van der Waals surface area contributed by atoms with Crippen LogP contribution in [-0.4, -0.2) is 41.7 Å². The largest absolute Gasteiger partial charge is 0.461 e. The van der Waals surface area contributed by atoms with Gasteiger partial charge >= 0.3 is 11.7 Å². The lowest BCUT2D eigenvalue weighted by Gasteiger charge is -2.13. The normalized spacial score (nSPS) is 12.9. The van der Waals surface area contributed by atoms with Crippen molar-refractivity contribution in [2.45, 2.75) is 52.9 Å². The number of rotatable bonds is 9. The Bertz CT molecular complexity index is 2110. The fourth-order valence-electron chi connectivity index (χ4n) is 5.27. The Morgan fingerprint density at radius 1 is 0.911 bits per heavy atom. The van der Waals surface area contributed by atoms with Crippen molar-refractivity contribution < 1.29 is 18.8 Å². The van der Waals surface area contributed by atoms with Gasteiger partial charge in [-0.2, -0.15) is 4.98 Å². The second-order valence-corrected chi connectivity index (χ2v) is 11.2. The molecule has 0 aliphatic heterocycles. The molecular formula is C34H30N6O5. The highest BCUT2D eigenvalue weighted by molar-refractivity contribution is 6.02. The minimum Gasteiger partial charge on any atom is -0.461 e. The van der Waals surface area contributed by atoms with Crippen molar-refractivity contribution >= 4 is 17.0 Å². The third-order valence-electron chi connectivity index (χ3n) is 7.90. The van der Waals surface area contributed by atoms with E-state index in [0.29, 0.717) is 40.7 Å². The number of hydrogen-bond donors (Lipinski definition) is 1. The summed E-state index contributed by atoms with van der Waals surface area (Å²) in [6, 6.07) is 21.6. The van der Waals surface area contributed by atoms with E-state index in [4.69, 9.17) is 19.0 Å². The number of carbonyl (C=O) groups is 1. The first kappa shape index (κ1) is 28.2. The predicted octanol–water partition coefficient (Wildman–Crippen LogP) is 5.71. The molecule has 0 bridgehead atoms. The van der Waals surface area contributed by atoms with E-state index in [1.165, 1.54) is 0 Å². The van der Waals surface area contributed by atoms with Crippen LogP contribution >= 0.6 is 0 Å². The van der Waals surface area contributed by atoms with Crippen molar-refractivity contribution in [3.63, 3.8) is 0 Å². The van der Waals surface area contributed by atoms with Gasteiger partial charge in [0.2, 0.25) is 0 Å². The molecule has 1 fully saturated rings. The van der Waals surface area contributed by atoms with E-state index in [9.17, 15) is 9.59 Å². The summed E-state index contributed by atoms with van der Waals surface area (Å²) in [4.78, 5) is 41.5. The van der Waals surface area contributed by atoms with Crippen LogP contribution in [0.3, 0.4) is 0 Å². The molecule has 0 unspecified atom stereocenters. The molecule has 45 heavy (non-hydrogen) atoms. The molecular weight excluding hydrogens is 572 g/mol. The number of H-pyrrole nitrogens is 1. The van der Waals surface area contributed by atoms with Crippen LogP contribution in [0.5, 0.6) is 6.01 Å². The van der Waals surface area contributed by atoms with E-state index in [1.807, 2.05) is 79.9 Å². The molecule has 0 atom stereocenters. The van der Waals surface area contributed by atoms with Gasteiger partial charge in [-0.05, 0) is 62.4 Å². The molecule has 0 saturated heterocycles. The van der Waals surface area contributed by atoms with Gasteiger partial charge in [0.15, 0.2) is 5.82 Å². The number of nitrogens with zero attached hydrogens (tertiary/aromatic N) is 5. The summed E-state index contributed by atoms with van der Waals surface area (Å²) in [5.74, 6) is -0.716. The molecule has 6 aromatic rings. The molecule has 11 nitrogen and oxygen atoms in total. The molecule has 3 aromatic heterocycles. The van der Waals surface area contributed by atoms with Crippen LogP contribution in [0.1, 0.15) is 51.5 Å². The summed E-state index contributed by atoms with van der Waals surface area (Å²) in [5, 5.41) is 3.86. The highest BCUT2D eigenvalue weighted by Gasteiger charge is 2.28. The van der Waals surface area contributed by atoms with E-state index in [2.05, 4.69) is 20.1 Å². The van der Waals surface area contributed by atoms with Crippen molar-refractivity contribution in [1.29, 1.82) is 0 Å². The number of para-hydroxylation sites is 1. The Labute approximate surface area is 257 Å². The summed E-state index contributed by atoms with van der Waals surface area (Å²) >= 11 is 0. The maximum absolute atomic E-state index is 13.5. The lowest BCUT2D eigenvalue weighted by molar-refractivity contribution is 0.0468. The average molecular weight is 603 g/mol. The fourth-order valence-corrected chi connectivity index (χ4v) is 5.27. The van der Waals surface area contributed by atoms with E-state index >= 15 is 0 Å². The second-order valence-electron chi connectivity index (χ2n) is 11.2. The number of hydrogen-bond acceptors (Lipinski definition) is 9. The zero-order chi connectivity index (χ0) is 31.1. The number of aromatic amines is 1. The summed E-state index contributed by atoms with van der Waals surface area (Å²) in [6.07, 6.45) is 2.06. The predicted molar refractivity (Wildman–Crippen MR) is 166 cm³/mol. The first-order chi connectivity index (χ1) is 21.8. The van der Waals surface area contributed by atoms with E-state index < -0.39 is 11.7 Å². The maximum Gasteiger partial charge on any atom is 0.439 e. The second kappa shape index (κ2) is 11.5. The number of esters is 1. The Balaban J connectivity index is 1.20. The fraction of sp³-hybridized carbons (Fsp3) is 0.235. The summed E-state index contributed by atoms with van der Waals surface area (Å²) in [7, 11) is 0. The Morgan fingerprint density at radius 3 is 2.40 bits per heavy atom. The van der Waals surface area contributed by atoms with Crippen molar-refractivity contribution in [3.8, 4) is 28.5 Å².